The number of aromatic nitrogens is 1. The molecule has 1 unspecified atom stereocenters. The fraction of sp³-hybridized carbons (Fsp3) is 0.700. The summed E-state index contributed by atoms with van der Waals surface area (Å²) in [5.74, 6) is 5.98. The van der Waals surface area contributed by atoms with Crippen LogP contribution in [-0.4, -0.2) is 15.5 Å². The fourth-order valence-corrected chi connectivity index (χ4v) is 3.02. The van der Waals surface area contributed by atoms with Crippen molar-refractivity contribution < 1.29 is 13.2 Å². The molecule has 0 bridgehead atoms. The lowest BCUT2D eigenvalue weighted by Gasteiger charge is -2.21. The third-order valence-corrected chi connectivity index (χ3v) is 4.52. The Morgan fingerprint density at radius 3 is 2.44 bits per heavy atom. The smallest absolute Gasteiger partial charge is 0.271 e. The zero-order valence-corrected chi connectivity index (χ0v) is 12.0. The summed E-state index contributed by atoms with van der Waals surface area (Å²) < 4.78 is 37.3. The van der Waals surface area contributed by atoms with Gasteiger partial charge in [-0.25, -0.2) is 4.98 Å². The maximum atomic E-state index is 12.4. The number of thioether (sulfide) groups is 1. The van der Waals surface area contributed by atoms with E-state index in [0.29, 0.717) is 22.0 Å². The monoisotopic (exact) mass is 299 g/mol. The van der Waals surface area contributed by atoms with E-state index in [-0.39, 0.29) is 10.8 Å². The van der Waals surface area contributed by atoms with E-state index in [1.54, 1.807) is 11.8 Å². The maximum absolute atomic E-state index is 12.4. The van der Waals surface area contributed by atoms with Gasteiger partial charge >= 0.3 is 6.18 Å². The summed E-state index contributed by atoms with van der Waals surface area (Å²) in [6.07, 6.45) is -3.15. The summed E-state index contributed by atoms with van der Waals surface area (Å²) in [5, 5.41) is -0.835. The molecule has 0 amide bonds. The molecule has 1 aromatic rings. The number of nitrogens with one attached hydrogen (secondary N) is 1. The average molecular weight is 299 g/mol. The molecule has 0 fully saturated rings. The molecule has 0 aromatic carbocycles. The summed E-state index contributed by atoms with van der Waals surface area (Å²) in [4.78, 5) is 3.89. The Labute approximate surface area is 112 Å². The minimum absolute atomic E-state index is 0.0344. The highest BCUT2D eigenvalue weighted by Gasteiger charge is 2.35. The molecule has 1 rings (SSSR count). The van der Waals surface area contributed by atoms with Crippen molar-refractivity contribution in [1.29, 1.82) is 0 Å². The second kappa shape index (κ2) is 5.77. The Kier molecular flexibility index (Phi) is 5.05. The van der Waals surface area contributed by atoms with Gasteiger partial charge in [0.25, 0.3) is 0 Å². The second-order valence-corrected chi connectivity index (χ2v) is 7.62. The predicted molar refractivity (Wildman–Crippen MR) is 69.4 cm³/mol. The highest BCUT2D eigenvalue weighted by molar-refractivity contribution is 8.00. The van der Waals surface area contributed by atoms with E-state index in [9.17, 15) is 13.2 Å². The van der Waals surface area contributed by atoms with Crippen LogP contribution in [0.25, 0.3) is 0 Å². The first-order valence-electron chi connectivity index (χ1n) is 5.26. The SMILES string of the molecule is CC(C)(C)SCC(NN)c1cnc(C(F)(F)F)s1. The lowest BCUT2D eigenvalue weighted by Crippen LogP contribution is -2.30. The Hall–Kier alpha value is -0.310. The number of hydrogen-bond acceptors (Lipinski definition) is 5. The third-order valence-electron chi connectivity index (χ3n) is 1.99. The molecule has 0 radical (unpaired) electrons. The second-order valence-electron chi connectivity index (χ2n) is 4.71. The van der Waals surface area contributed by atoms with Crippen molar-refractivity contribution in [3.63, 3.8) is 0 Å². The van der Waals surface area contributed by atoms with Crippen LogP contribution >= 0.6 is 23.1 Å². The Bertz CT molecular complexity index is 384. The molecule has 1 heterocycles. The van der Waals surface area contributed by atoms with Gasteiger partial charge in [0.1, 0.15) is 0 Å². The van der Waals surface area contributed by atoms with Crippen LogP contribution in [0.3, 0.4) is 0 Å². The average Bonchev–Trinajstić information content (AvgIpc) is 2.65. The van der Waals surface area contributed by atoms with Gasteiger partial charge in [-0.3, -0.25) is 11.3 Å². The number of hydrogen-bond donors (Lipinski definition) is 2. The van der Waals surface area contributed by atoms with E-state index in [0.717, 1.165) is 0 Å². The molecule has 0 aliphatic heterocycles. The number of nitrogens with two attached hydrogens (primary N) is 1. The molecule has 18 heavy (non-hydrogen) atoms. The Morgan fingerprint density at radius 2 is 2.06 bits per heavy atom. The summed E-state index contributed by atoms with van der Waals surface area (Å²) in [6.45, 7) is 6.12. The van der Waals surface area contributed by atoms with E-state index in [4.69, 9.17) is 5.84 Å². The van der Waals surface area contributed by atoms with Crippen molar-refractivity contribution in [3.8, 4) is 0 Å². The van der Waals surface area contributed by atoms with Crippen molar-refractivity contribution >= 4 is 23.1 Å². The molecule has 0 aliphatic carbocycles. The van der Waals surface area contributed by atoms with Gasteiger partial charge in [-0.2, -0.15) is 24.9 Å². The molecule has 3 nitrogen and oxygen atoms in total. The van der Waals surface area contributed by atoms with Crippen LogP contribution in [0.15, 0.2) is 6.20 Å². The molecule has 0 saturated heterocycles. The van der Waals surface area contributed by atoms with Gasteiger partial charge in [-0.1, -0.05) is 20.8 Å². The third kappa shape index (κ3) is 4.75. The topological polar surface area (TPSA) is 50.9 Å². The van der Waals surface area contributed by atoms with E-state index in [1.807, 2.05) is 20.8 Å². The number of thiazole rings is 1. The van der Waals surface area contributed by atoms with Gasteiger partial charge in [-0.05, 0) is 0 Å². The van der Waals surface area contributed by atoms with Crippen LogP contribution in [0.5, 0.6) is 0 Å². The standard InChI is InChI=1S/C10H16F3N3S2/c1-9(2,3)17-5-6(16-14)7-4-15-8(18-7)10(11,12)13/h4,6,16H,5,14H2,1-3H3. The van der Waals surface area contributed by atoms with Crippen molar-refractivity contribution in [1.82, 2.24) is 10.4 Å². The molecular formula is C10H16F3N3S2. The molecule has 0 aliphatic rings. The molecule has 8 heteroatoms. The van der Waals surface area contributed by atoms with Crippen LogP contribution in [0.1, 0.15) is 36.7 Å². The molecule has 3 N–H and O–H groups in total. The first-order chi connectivity index (χ1) is 8.13. The van der Waals surface area contributed by atoms with E-state index < -0.39 is 11.2 Å². The molecule has 0 spiro atoms. The number of alkyl halides is 3. The highest BCUT2D eigenvalue weighted by Crippen LogP contribution is 2.36. The van der Waals surface area contributed by atoms with Gasteiger partial charge in [0.05, 0.1) is 6.04 Å². The summed E-state index contributed by atoms with van der Waals surface area (Å²) in [6, 6.07) is -0.317. The zero-order valence-electron chi connectivity index (χ0n) is 10.3. The predicted octanol–water partition coefficient (Wildman–Crippen LogP) is 3.20. The molecular weight excluding hydrogens is 283 g/mol. The zero-order chi connectivity index (χ0) is 14.0. The van der Waals surface area contributed by atoms with E-state index >= 15 is 0 Å². The molecule has 104 valence electrons. The Morgan fingerprint density at radius 1 is 1.44 bits per heavy atom. The van der Waals surface area contributed by atoms with Crippen LogP contribution in [0, 0.1) is 0 Å². The minimum atomic E-state index is -4.39. The molecule has 1 atom stereocenters. The number of halogens is 3. The van der Waals surface area contributed by atoms with Gasteiger partial charge < -0.3 is 0 Å². The quantitative estimate of drug-likeness (QED) is 0.662. The lowest BCUT2D eigenvalue weighted by molar-refractivity contribution is -0.137. The van der Waals surface area contributed by atoms with Crippen molar-refractivity contribution in [2.75, 3.05) is 5.75 Å². The molecule has 1 aromatic heterocycles. The van der Waals surface area contributed by atoms with Crippen LogP contribution in [0.4, 0.5) is 13.2 Å². The molecule has 0 saturated carbocycles. The lowest BCUT2D eigenvalue weighted by atomic mass is 10.3. The number of hydrazine groups is 1. The summed E-state index contributed by atoms with van der Waals surface area (Å²) in [7, 11) is 0. The van der Waals surface area contributed by atoms with Gasteiger partial charge in [-0.15, -0.1) is 11.3 Å². The summed E-state index contributed by atoms with van der Waals surface area (Å²) >= 11 is 2.26. The number of nitrogens with zero attached hydrogens (tertiary/aromatic N) is 1. The minimum Gasteiger partial charge on any atom is -0.271 e. The van der Waals surface area contributed by atoms with Crippen molar-refractivity contribution in [3.05, 3.63) is 16.1 Å². The normalized spacial score (nSPS) is 14.8. The highest BCUT2D eigenvalue weighted by atomic mass is 32.2. The van der Waals surface area contributed by atoms with Crippen LogP contribution < -0.4 is 11.3 Å². The van der Waals surface area contributed by atoms with E-state index in [2.05, 4.69) is 10.4 Å². The first kappa shape index (κ1) is 15.7. The van der Waals surface area contributed by atoms with E-state index in [1.165, 1.54) is 6.20 Å². The van der Waals surface area contributed by atoms with Crippen molar-refractivity contribution in [2.24, 2.45) is 5.84 Å². The first-order valence-corrected chi connectivity index (χ1v) is 7.06. The Balaban J connectivity index is 2.74. The van der Waals surface area contributed by atoms with Gasteiger partial charge in [0.15, 0.2) is 5.01 Å². The maximum Gasteiger partial charge on any atom is 0.443 e. The van der Waals surface area contributed by atoms with Gasteiger partial charge in [0.2, 0.25) is 0 Å². The van der Waals surface area contributed by atoms with Gasteiger partial charge in [0, 0.05) is 21.6 Å². The fourth-order valence-electron chi connectivity index (χ4n) is 1.12. The van der Waals surface area contributed by atoms with Crippen LogP contribution in [0.2, 0.25) is 0 Å². The summed E-state index contributed by atoms with van der Waals surface area (Å²) in [5.41, 5.74) is 2.54. The largest absolute Gasteiger partial charge is 0.443 e. The van der Waals surface area contributed by atoms with Crippen LogP contribution in [-0.2, 0) is 6.18 Å². The number of rotatable bonds is 4. The van der Waals surface area contributed by atoms with Crippen molar-refractivity contribution in [2.45, 2.75) is 37.7 Å².